The number of carbonyl (C=O) groups is 1. The second-order valence-electron chi connectivity index (χ2n) is 4.88. The van der Waals surface area contributed by atoms with Crippen LogP contribution >= 0.6 is 0 Å². The van der Waals surface area contributed by atoms with Crippen LogP contribution in [0.1, 0.15) is 33.6 Å². The molecule has 3 atom stereocenters. The van der Waals surface area contributed by atoms with Gasteiger partial charge in [0.15, 0.2) is 0 Å². The monoisotopic (exact) mass is 228 g/mol. The van der Waals surface area contributed by atoms with Crippen LogP contribution in [0.15, 0.2) is 0 Å². The predicted molar refractivity (Wildman–Crippen MR) is 64.0 cm³/mol. The summed E-state index contributed by atoms with van der Waals surface area (Å²) in [5.74, 6) is 0.590. The van der Waals surface area contributed by atoms with Gasteiger partial charge in [0.05, 0.1) is 12.1 Å². The lowest BCUT2D eigenvalue weighted by atomic mass is 9.99. The standard InChI is InChI=1S/C12H24N2O2/c1-4-10-9(5-6-16-10)7-14-12(15)11(13)8(2)3/h8-11H,4-7,13H2,1-3H3,(H,14,15). The fourth-order valence-electron chi connectivity index (χ4n) is 2.03. The van der Waals surface area contributed by atoms with Crippen molar-refractivity contribution in [3.05, 3.63) is 0 Å². The molecule has 4 heteroatoms. The van der Waals surface area contributed by atoms with Crippen LogP contribution in [0, 0.1) is 11.8 Å². The summed E-state index contributed by atoms with van der Waals surface area (Å²) in [6, 6.07) is -0.401. The molecule has 1 aliphatic heterocycles. The van der Waals surface area contributed by atoms with Crippen LogP contribution in [0.25, 0.3) is 0 Å². The maximum Gasteiger partial charge on any atom is 0.237 e. The Morgan fingerprint density at radius 2 is 2.25 bits per heavy atom. The molecule has 0 aromatic carbocycles. The minimum atomic E-state index is -0.401. The molecule has 1 saturated heterocycles. The summed E-state index contributed by atoms with van der Waals surface area (Å²) < 4.78 is 5.57. The molecule has 0 saturated carbocycles. The number of amides is 1. The molecule has 1 fully saturated rings. The number of nitrogens with two attached hydrogens (primary N) is 1. The average Bonchev–Trinajstić information content (AvgIpc) is 2.71. The van der Waals surface area contributed by atoms with E-state index in [1.165, 1.54) is 0 Å². The van der Waals surface area contributed by atoms with E-state index in [9.17, 15) is 4.79 Å². The Morgan fingerprint density at radius 1 is 1.56 bits per heavy atom. The maximum atomic E-state index is 11.7. The Hall–Kier alpha value is -0.610. The van der Waals surface area contributed by atoms with Crippen LogP contribution < -0.4 is 11.1 Å². The average molecular weight is 228 g/mol. The van der Waals surface area contributed by atoms with E-state index in [4.69, 9.17) is 10.5 Å². The summed E-state index contributed by atoms with van der Waals surface area (Å²) in [7, 11) is 0. The van der Waals surface area contributed by atoms with E-state index in [0.717, 1.165) is 19.4 Å². The molecule has 1 aliphatic rings. The molecule has 4 nitrogen and oxygen atoms in total. The smallest absolute Gasteiger partial charge is 0.237 e. The molecular weight excluding hydrogens is 204 g/mol. The van der Waals surface area contributed by atoms with Gasteiger partial charge in [-0.1, -0.05) is 20.8 Å². The van der Waals surface area contributed by atoms with Crippen LogP contribution in [0.3, 0.4) is 0 Å². The molecule has 0 aromatic rings. The summed E-state index contributed by atoms with van der Waals surface area (Å²) in [5, 5.41) is 2.93. The van der Waals surface area contributed by atoms with Crippen LogP contribution in [-0.2, 0) is 9.53 Å². The van der Waals surface area contributed by atoms with E-state index < -0.39 is 6.04 Å². The first-order valence-electron chi connectivity index (χ1n) is 6.21. The first kappa shape index (κ1) is 13.5. The van der Waals surface area contributed by atoms with Gasteiger partial charge in [0.1, 0.15) is 0 Å². The first-order valence-corrected chi connectivity index (χ1v) is 6.21. The second kappa shape index (κ2) is 6.21. The topological polar surface area (TPSA) is 64.3 Å². The fraction of sp³-hybridized carbons (Fsp3) is 0.917. The largest absolute Gasteiger partial charge is 0.378 e. The number of rotatable bonds is 5. The third kappa shape index (κ3) is 3.46. The summed E-state index contributed by atoms with van der Waals surface area (Å²) in [6.07, 6.45) is 2.35. The predicted octanol–water partition coefficient (Wildman–Crippen LogP) is 0.901. The highest BCUT2D eigenvalue weighted by atomic mass is 16.5. The van der Waals surface area contributed by atoms with Crippen LogP contribution in [0.4, 0.5) is 0 Å². The molecular formula is C12H24N2O2. The van der Waals surface area contributed by atoms with Crippen LogP contribution in [-0.4, -0.2) is 31.2 Å². The van der Waals surface area contributed by atoms with E-state index in [1.807, 2.05) is 13.8 Å². The highest BCUT2D eigenvalue weighted by molar-refractivity contribution is 5.81. The zero-order valence-corrected chi connectivity index (χ0v) is 10.5. The van der Waals surface area contributed by atoms with Gasteiger partial charge in [0.2, 0.25) is 5.91 Å². The summed E-state index contributed by atoms with van der Waals surface area (Å²) in [4.78, 5) is 11.7. The van der Waals surface area contributed by atoms with Crippen molar-refractivity contribution in [1.82, 2.24) is 5.32 Å². The highest BCUT2D eigenvalue weighted by Gasteiger charge is 2.27. The van der Waals surface area contributed by atoms with Crippen LogP contribution in [0.2, 0.25) is 0 Å². The molecule has 16 heavy (non-hydrogen) atoms. The molecule has 3 N–H and O–H groups in total. The molecule has 0 bridgehead atoms. The van der Waals surface area contributed by atoms with E-state index in [-0.39, 0.29) is 11.8 Å². The third-order valence-electron chi connectivity index (χ3n) is 3.31. The fourth-order valence-corrected chi connectivity index (χ4v) is 2.03. The van der Waals surface area contributed by atoms with Gasteiger partial charge in [0.25, 0.3) is 0 Å². The van der Waals surface area contributed by atoms with Gasteiger partial charge in [-0.15, -0.1) is 0 Å². The molecule has 1 heterocycles. The van der Waals surface area contributed by atoms with Crippen molar-refractivity contribution >= 4 is 5.91 Å². The number of carbonyl (C=O) groups excluding carboxylic acids is 1. The third-order valence-corrected chi connectivity index (χ3v) is 3.31. The Bertz CT molecular complexity index is 231. The molecule has 0 aromatic heterocycles. The van der Waals surface area contributed by atoms with Gasteiger partial charge in [-0.3, -0.25) is 4.79 Å². The maximum absolute atomic E-state index is 11.7. The Labute approximate surface area is 97.9 Å². The summed E-state index contributed by atoms with van der Waals surface area (Å²) >= 11 is 0. The highest BCUT2D eigenvalue weighted by Crippen LogP contribution is 2.22. The van der Waals surface area contributed by atoms with Crippen LogP contribution in [0.5, 0.6) is 0 Å². The number of hydrogen-bond acceptors (Lipinski definition) is 3. The lowest BCUT2D eigenvalue weighted by Gasteiger charge is -2.20. The van der Waals surface area contributed by atoms with Crippen molar-refractivity contribution in [3.63, 3.8) is 0 Å². The van der Waals surface area contributed by atoms with Gasteiger partial charge >= 0.3 is 0 Å². The van der Waals surface area contributed by atoms with Gasteiger partial charge in [-0.2, -0.15) is 0 Å². The molecule has 0 aliphatic carbocycles. The Kier molecular flexibility index (Phi) is 5.22. The van der Waals surface area contributed by atoms with Gasteiger partial charge in [-0.05, 0) is 18.8 Å². The van der Waals surface area contributed by atoms with E-state index >= 15 is 0 Å². The number of nitrogens with one attached hydrogen (secondary N) is 1. The quantitative estimate of drug-likeness (QED) is 0.735. The van der Waals surface area contributed by atoms with Gasteiger partial charge < -0.3 is 15.8 Å². The molecule has 0 radical (unpaired) electrons. The molecule has 1 amide bonds. The van der Waals surface area contributed by atoms with E-state index in [0.29, 0.717) is 18.6 Å². The number of hydrogen-bond donors (Lipinski definition) is 2. The summed E-state index contributed by atoms with van der Waals surface area (Å²) in [6.45, 7) is 7.53. The molecule has 94 valence electrons. The van der Waals surface area contributed by atoms with Crippen molar-refractivity contribution in [3.8, 4) is 0 Å². The van der Waals surface area contributed by atoms with E-state index in [1.54, 1.807) is 0 Å². The van der Waals surface area contributed by atoms with Gasteiger partial charge in [-0.25, -0.2) is 0 Å². The second-order valence-corrected chi connectivity index (χ2v) is 4.88. The van der Waals surface area contributed by atoms with Crippen molar-refractivity contribution in [2.75, 3.05) is 13.2 Å². The molecule has 1 rings (SSSR count). The Morgan fingerprint density at radius 3 is 2.81 bits per heavy atom. The SMILES string of the molecule is CCC1OCCC1CNC(=O)C(N)C(C)C. The first-order chi connectivity index (χ1) is 7.56. The minimum absolute atomic E-state index is 0.0447. The van der Waals surface area contributed by atoms with Gasteiger partial charge in [0, 0.05) is 19.1 Å². The molecule has 0 spiro atoms. The zero-order valence-electron chi connectivity index (χ0n) is 10.5. The van der Waals surface area contributed by atoms with Crippen molar-refractivity contribution in [2.24, 2.45) is 17.6 Å². The Balaban J connectivity index is 2.31. The summed E-state index contributed by atoms with van der Waals surface area (Å²) in [5.41, 5.74) is 5.77. The molecule has 3 unspecified atom stereocenters. The van der Waals surface area contributed by atoms with Crippen molar-refractivity contribution in [2.45, 2.75) is 45.8 Å². The number of ether oxygens (including phenoxy) is 1. The normalized spacial score (nSPS) is 27.1. The lowest BCUT2D eigenvalue weighted by Crippen LogP contribution is -2.46. The van der Waals surface area contributed by atoms with Crippen molar-refractivity contribution in [1.29, 1.82) is 0 Å². The zero-order chi connectivity index (χ0) is 12.1. The minimum Gasteiger partial charge on any atom is -0.378 e. The lowest BCUT2D eigenvalue weighted by molar-refractivity contribution is -0.123. The van der Waals surface area contributed by atoms with E-state index in [2.05, 4.69) is 12.2 Å². The van der Waals surface area contributed by atoms with Crippen molar-refractivity contribution < 1.29 is 9.53 Å².